The molecule has 4 nitrogen and oxygen atoms in total. The molecule has 4 heteroatoms. The summed E-state index contributed by atoms with van der Waals surface area (Å²) in [5.41, 5.74) is 4.41. The summed E-state index contributed by atoms with van der Waals surface area (Å²) in [7, 11) is 0. The number of fused-ring (bicyclic) bond motifs is 4. The lowest BCUT2D eigenvalue weighted by Gasteiger charge is -2.18. The number of hydrogen-bond acceptors (Lipinski definition) is 4. The van der Waals surface area contributed by atoms with Crippen LogP contribution in [-0.2, 0) is 0 Å². The first kappa shape index (κ1) is 12.4. The van der Waals surface area contributed by atoms with Gasteiger partial charge in [-0.25, -0.2) is 4.98 Å². The van der Waals surface area contributed by atoms with E-state index in [0.717, 1.165) is 32.9 Å². The van der Waals surface area contributed by atoms with Crippen molar-refractivity contribution in [1.82, 2.24) is 15.0 Å². The van der Waals surface area contributed by atoms with Gasteiger partial charge in [-0.15, -0.1) is 0 Å². The maximum atomic E-state index is 12.9. The molecule has 23 heavy (non-hydrogen) atoms. The van der Waals surface area contributed by atoms with Gasteiger partial charge in [-0.3, -0.25) is 14.8 Å². The van der Waals surface area contributed by atoms with E-state index in [-0.39, 0.29) is 5.78 Å². The van der Waals surface area contributed by atoms with Crippen LogP contribution in [0.2, 0.25) is 0 Å². The minimum absolute atomic E-state index is 0.0823. The second kappa shape index (κ2) is 4.20. The monoisotopic (exact) mass is 297 g/mol. The first-order valence-corrected chi connectivity index (χ1v) is 7.43. The summed E-state index contributed by atoms with van der Waals surface area (Å²) in [5.74, 6) is -0.0823. The van der Waals surface area contributed by atoms with E-state index in [9.17, 15) is 4.79 Å². The number of hydrogen-bond donors (Lipinski definition) is 0. The number of ketones is 1. The quantitative estimate of drug-likeness (QED) is 0.409. The maximum Gasteiger partial charge on any atom is 0.214 e. The molecule has 1 aromatic carbocycles. The summed E-state index contributed by atoms with van der Waals surface area (Å²) in [4.78, 5) is 26.4. The SMILES string of the molecule is Cc1ccc2nc3c4c(nccc4c2c1)-c1ncccc1C3=O. The fourth-order valence-electron chi connectivity index (χ4n) is 3.31. The molecule has 1 aliphatic carbocycles. The Morgan fingerprint density at radius 1 is 0.870 bits per heavy atom. The zero-order chi connectivity index (χ0) is 15.6. The second-order valence-corrected chi connectivity index (χ2v) is 5.79. The Morgan fingerprint density at radius 3 is 2.65 bits per heavy atom. The highest BCUT2D eigenvalue weighted by atomic mass is 16.1. The molecule has 0 N–H and O–H groups in total. The third-order valence-corrected chi connectivity index (χ3v) is 4.35. The van der Waals surface area contributed by atoms with E-state index in [0.29, 0.717) is 17.0 Å². The molecule has 108 valence electrons. The number of carbonyl (C=O) groups excluding carboxylic acids is 1. The predicted octanol–water partition coefficient (Wildman–Crippen LogP) is 3.70. The van der Waals surface area contributed by atoms with Gasteiger partial charge in [-0.2, -0.15) is 0 Å². The molecule has 0 spiro atoms. The summed E-state index contributed by atoms with van der Waals surface area (Å²) in [6.45, 7) is 2.05. The van der Waals surface area contributed by atoms with Gasteiger partial charge in [-0.05, 0) is 42.6 Å². The minimum Gasteiger partial charge on any atom is -0.287 e. The van der Waals surface area contributed by atoms with Crippen molar-refractivity contribution >= 4 is 27.5 Å². The summed E-state index contributed by atoms with van der Waals surface area (Å²) in [5, 5.41) is 2.85. The standard InChI is InChI=1S/C19H11N3O/c1-10-4-5-14-13(9-10)11-6-8-21-17-15(11)18(22-14)19(23)12-3-2-7-20-16(12)17/h2-9H,1H3. The number of aryl methyl sites for hydroxylation is 1. The largest absolute Gasteiger partial charge is 0.287 e. The van der Waals surface area contributed by atoms with Crippen molar-refractivity contribution in [2.24, 2.45) is 0 Å². The molecule has 0 saturated heterocycles. The van der Waals surface area contributed by atoms with Gasteiger partial charge in [0.05, 0.1) is 16.8 Å². The first-order chi connectivity index (χ1) is 11.2. The van der Waals surface area contributed by atoms with Crippen LogP contribution in [0, 0.1) is 6.92 Å². The predicted molar refractivity (Wildman–Crippen MR) is 88.4 cm³/mol. The fourth-order valence-corrected chi connectivity index (χ4v) is 3.31. The number of carbonyl (C=O) groups is 1. The van der Waals surface area contributed by atoms with Crippen LogP contribution in [0.5, 0.6) is 0 Å². The first-order valence-electron chi connectivity index (χ1n) is 7.43. The lowest BCUT2D eigenvalue weighted by atomic mass is 9.90. The van der Waals surface area contributed by atoms with Gasteiger partial charge >= 0.3 is 0 Å². The van der Waals surface area contributed by atoms with Crippen LogP contribution < -0.4 is 0 Å². The van der Waals surface area contributed by atoms with E-state index in [2.05, 4.69) is 27.9 Å². The summed E-state index contributed by atoms with van der Waals surface area (Å²) >= 11 is 0. The number of aromatic nitrogens is 3. The van der Waals surface area contributed by atoms with Crippen LogP contribution in [0.4, 0.5) is 0 Å². The van der Waals surface area contributed by atoms with Crippen molar-refractivity contribution in [1.29, 1.82) is 0 Å². The van der Waals surface area contributed by atoms with Gasteiger partial charge in [0.25, 0.3) is 0 Å². The Labute approximate surface area is 131 Å². The Hall–Kier alpha value is -3.14. The Kier molecular flexibility index (Phi) is 2.26. The number of rotatable bonds is 0. The van der Waals surface area contributed by atoms with Gasteiger partial charge < -0.3 is 0 Å². The molecule has 0 radical (unpaired) electrons. The van der Waals surface area contributed by atoms with E-state index in [1.54, 1.807) is 24.5 Å². The van der Waals surface area contributed by atoms with Crippen LogP contribution in [0.25, 0.3) is 33.1 Å². The van der Waals surface area contributed by atoms with Crippen molar-refractivity contribution in [3.8, 4) is 11.4 Å². The molecule has 0 fully saturated rings. The molecule has 3 aromatic heterocycles. The molecule has 0 bridgehead atoms. The Bertz CT molecular complexity index is 1150. The van der Waals surface area contributed by atoms with Gasteiger partial charge in [0.1, 0.15) is 11.4 Å². The summed E-state index contributed by atoms with van der Waals surface area (Å²) in [6, 6.07) is 11.6. The van der Waals surface area contributed by atoms with Crippen LogP contribution in [0.15, 0.2) is 48.8 Å². The maximum absolute atomic E-state index is 12.9. The molecule has 0 atom stereocenters. The van der Waals surface area contributed by atoms with Gasteiger partial charge in [0.15, 0.2) is 0 Å². The average molecular weight is 297 g/mol. The molecule has 3 heterocycles. The smallest absolute Gasteiger partial charge is 0.214 e. The van der Waals surface area contributed by atoms with Crippen molar-refractivity contribution < 1.29 is 4.79 Å². The lowest BCUT2D eigenvalue weighted by molar-refractivity contribution is 0.103. The van der Waals surface area contributed by atoms with E-state index in [1.807, 2.05) is 18.2 Å². The molecule has 0 aliphatic heterocycles. The van der Waals surface area contributed by atoms with Gasteiger partial charge in [0.2, 0.25) is 5.78 Å². The molecule has 5 rings (SSSR count). The molecule has 0 unspecified atom stereocenters. The summed E-state index contributed by atoms with van der Waals surface area (Å²) < 4.78 is 0. The fraction of sp³-hybridized carbons (Fsp3) is 0.0526. The molecular formula is C19H11N3O. The number of benzene rings is 1. The molecule has 4 aromatic rings. The third kappa shape index (κ3) is 1.55. The highest BCUT2D eigenvalue weighted by Gasteiger charge is 2.29. The normalized spacial score (nSPS) is 12.7. The lowest BCUT2D eigenvalue weighted by Crippen LogP contribution is -2.14. The topological polar surface area (TPSA) is 55.7 Å². The van der Waals surface area contributed by atoms with Crippen LogP contribution in [-0.4, -0.2) is 20.7 Å². The average Bonchev–Trinajstić information content (AvgIpc) is 2.59. The van der Waals surface area contributed by atoms with Gasteiger partial charge in [-0.1, -0.05) is 11.6 Å². The number of nitrogens with zero attached hydrogens (tertiary/aromatic N) is 3. The van der Waals surface area contributed by atoms with Crippen molar-refractivity contribution in [3.05, 3.63) is 65.6 Å². The molecular weight excluding hydrogens is 286 g/mol. The minimum atomic E-state index is -0.0823. The van der Waals surface area contributed by atoms with E-state index in [4.69, 9.17) is 0 Å². The Balaban J connectivity index is 2.07. The third-order valence-electron chi connectivity index (χ3n) is 4.35. The van der Waals surface area contributed by atoms with Crippen LogP contribution in [0.3, 0.4) is 0 Å². The second-order valence-electron chi connectivity index (χ2n) is 5.79. The molecule has 0 amide bonds. The van der Waals surface area contributed by atoms with Crippen molar-refractivity contribution in [2.75, 3.05) is 0 Å². The van der Waals surface area contributed by atoms with E-state index in [1.165, 1.54) is 0 Å². The van der Waals surface area contributed by atoms with Crippen molar-refractivity contribution in [2.45, 2.75) is 6.92 Å². The highest BCUT2D eigenvalue weighted by Crippen LogP contribution is 2.38. The van der Waals surface area contributed by atoms with Crippen LogP contribution in [0.1, 0.15) is 21.6 Å². The van der Waals surface area contributed by atoms with Crippen LogP contribution >= 0.6 is 0 Å². The zero-order valence-electron chi connectivity index (χ0n) is 12.4. The van der Waals surface area contributed by atoms with Crippen molar-refractivity contribution in [3.63, 3.8) is 0 Å². The highest BCUT2D eigenvalue weighted by molar-refractivity contribution is 6.27. The van der Waals surface area contributed by atoms with E-state index < -0.39 is 0 Å². The van der Waals surface area contributed by atoms with Gasteiger partial charge in [0, 0.05) is 23.2 Å². The van der Waals surface area contributed by atoms with E-state index >= 15 is 0 Å². The Morgan fingerprint density at radius 2 is 1.74 bits per heavy atom. The summed E-state index contributed by atoms with van der Waals surface area (Å²) in [6.07, 6.45) is 3.47. The zero-order valence-corrected chi connectivity index (χ0v) is 12.4. The number of pyridine rings is 3. The molecule has 1 aliphatic rings. The molecule has 0 saturated carbocycles.